The van der Waals surface area contributed by atoms with Crippen molar-refractivity contribution in [3.8, 4) is 11.1 Å². The van der Waals surface area contributed by atoms with Crippen LogP contribution in [-0.4, -0.2) is 0 Å². The number of hydrogen-bond donors (Lipinski definition) is 0. The second kappa shape index (κ2) is 8.56. The van der Waals surface area contributed by atoms with Gasteiger partial charge in [0.1, 0.15) is 0 Å². The summed E-state index contributed by atoms with van der Waals surface area (Å²) in [6.45, 7) is 7.84. The summed E-state index contributed by atoms with van der Waals surface area (Å²) in [7, 11) is 0. The molecule has 0 spiro atoms. The minimum atomic E-state index is -0.380. The van der Waals surface area contributed by atoms with Crippen molar-refractivity contribution in [3.05, 3.63) is 168 Å². The van der Waals surface area contributed by atoms with Crippen LogP contribution in [0.15, 0.2) is 135 Å². The number of hydrogen-bond acceptors (Lipinski definition) is 0. The molecule has 35 heavy (non-hydrogen) atoms. The summed E-state index contributed by atoms with van der Waals surface area (Å²) in [4.78, 5) is 0. The van der Waals surface area contributed by atoms with Crippen LogP contribution in [0.5, 0.6) is 0 Å². The van der Waals surface area contributed by atoms with Gasteiger partial charge in [-0.25, -0.2) is 0 Å². The van der Waals surface area contributed by atoms with Crippen LogP contribution in [0.25, 0.3) is 21.9 Å². The zero-order valence-electron chi connectivity index (χ0n) is 19.9. The Bertz CT molecular complexity index is 1500. The quantitative estimate of drug-likeness (QED) is 0.224. The SMILES string of the molecule is C=CCc1ccc(C2(c3ccc(CC=C)cc3)c3ccccc3-c3cc4ccccc4cc32)cc1. The Morgan fingerprint density at radius 1 is 0.514 bits per heavy atom. The zero-order valence-corrected chi connectivity index (χ0v) is 19.9. The van der Waals surface area contributed by atoms with Gasteiger partial charge in [-0.2, -0.15) is 0 Å². The molecule has 5 aromatic rings. The summed E-state index contributed by atoms with van der Waals surface area (Å²) in [6.07, 6.45) is 5.69. The lowest BCUT2D eigenvalue weighted by Crippen LogP contribution is -2.28. The van der Waals surface area contributed by atoms with Crippen molar-refractivity contribution < 1.29 is 0 Å². The third-order valence-corrected chi connectivity index (χ3v) is 7.45. The van der Waals surface area contributed by atoms with Crippen molar-refractivity contribution in [2.45, 2.75) is 18.3 Å². The molecule has 0 fully saturated rings. The van der Waals surface area contributed by atoms with Crippen LogP contribution >= 0.6 is 0 Å². The predicted octanol–water partition coefficient (Wildman–Crippen LogP) is 8.66. The van der Waals surface area contributed by atoms with Crippen molar-refractivity contribution >= 4 is 10.8 Å². The summed E-state index contributed by atoms with van der Waals surface area (Å²) in [5.74, 6) is 0. The molecule has 0 saturated heterocycles. The first-order chi connectivity index (χ1) is 17.3. The van der Waals surface area contributed by atoms with Crippen molar-refractivity contribution in [2.75, 3.05) is 0 Å². The van der Waals surface area contributed by atoms with Gasteiger partial charge in [-0.05, 0) is 80.3 Å². The van der Waals surface area contributed by atoms with Crippen molar-refractivity contribution in [3.63, 3.8) is 0 Å². The number of rotatable bonds is 6. The van der Waals surface area contributed by atoms with Gasteiger partial charge in [-0.1, -0.05) is 109 Å². The van der Waals surface area contributed by atoms with Crippen LogP contribution in [0, 0.1) is 0 Å². The van der Waals surface area contributed by atoms with Crippen molar-refractivity contribution in [1.29, 1.82) is 0 Å². The fraction of sp³-hybridized carbons (Fsp3) is 0.0857. The van der Waals surface area contributed by atoms with Gasteiger partial charge in [0.05, 0.1) is 5.41 Å². The Hall–Kier alpha value is -4.16. The monoisotopic (exact) mass is 448 g/mol. The van der Waals surface area contributed by atoms with E-state index >= 15 is 0 Å². The minimum Gasteiger partial charge on any atom is -0.103 e. The van der Waals surface area contributed by atoms with Gasteiger partial charge in [0.25, 0.3) is 0 Å². The van der Waals surface area contributed by atoms with Crippen molar-refractivity contribution in [1.82, 2.24) is 0 Å². The highest BCUT2D eigenvalue weighted by molar-refractivity contribution is 5.95. The molecule has 0 N–H and O–H groups in total. The highest BCUT2D eigenvalue weighted by Crippen LogP contribution is 2.56. The smallest absolute Gasteiger partial charge is 0.0713 e. The molecule has 0 heteroatoms. The molecule has 0 radical (unpaired) electrons. The van der Waals surface area contributed by atoms with Crippen LogP contribution in [-0.2, 0) is 18.3 Å². The van der Waals surface area contributed by atoms with E-state index in [-0.39, 0.29) is 5.41 Å². The normalized spacial score (nSPS) is 13.3. The largest absolute Gasteiger partial charge is 0.103 e. The molecule has 0 amide bonds. The van der Waals surface area contributed by atoms with E-state index in [2.05, 4.69) is 122 Å². The molecule has 6 rings (SSSR count). The molecule has 0 saturated carbocycles. The van der Waals surface area contributed by atoms with Gasteiger partial charge in [0.2, 0.25) is 0 Å². The molecular formula is C35H28. The summed E-state index contributed by atoms with van der Waals surface area (Å²) in [5.41, 5.74) is 10.1. The molecule has 0 bridgehead atoms. The Kier molecular flexibility index (Phi) is 5.23. The first-order valence-corrected chi connectivity index (χ1v) is 12.3. The molecule has 168 valence electrons. The third-order valence-electron chi connectivity index (χ3n) is 7.45. The fourth-order valence-electron chi connectivity index (χ4n) is 5.87. The molecule has 0 nitrogen and oxygen atoms in total. The maximum Gasteiger partial charge on any atom is 0.0713 e. The standard InChI is InChI=1S/C35H28/c1-3-9-25-15-19-29(20-16-25)35(30-21-17-26(10-4-2)18-22-30)33-14-8-7-13-31(33)32-23-27-11-5-6-12-28(27)24-34(32)35/h3-8,11-24H,1-2,9-10H2. The molecule has 0 unspecified atom stereocenters. The van der Waals surface area contributed by atoms with Gasteiger partial charge >= 0.3 is 0 Å². The lowest BCUT2D eigenvalue weighted by molar-refractivity contribution is 0.768. The van der Waals surface area contributed by atoms with E-state index in [1.807, 2.05) is 12.2 Å². The van der Waals surface area contributed by atoms with Crippen LogP contribution < -0.4 is 0 Å². The van der Waals surface area contributed by atoms with E-state index < -0.39 is 0 Å². The number of benzene rings is 5. The second-order valence-electron chi connectivity index (χ2n) is 9.42. The molecule has 0 heterocycles. The topological polar surface area (TPSA) is 0 Å². The van der Waals surface area contributed by atoms with E-state index in [1.165, 1.54) is 55.3 Å². The van der Waals surface area contributed by atoms with Gasteiger partial charge in [-0.15, -0.1) is 13.2 Å². The van der Waals surface area contributed by atoms with E-state index in [9.17, 15) is 0 Å². The fourth-order valence-corrected chi connectivity index (χ4v) is 5.87. The Morgan fingerprint density at radius 3 is 1.60 bits per heavy atom. The van der Waals surface area contributed by atoms with Crippen molar-refractivity contribution in [2.24, 2.45) is 0 Å². The molecule has 1 aliphatic rings. The highest BCUT2D eigenvalue weighted by atomic mass is 14.5. The first-order valence-electron chi connectivity index (χ1n) is 12.3. The molecule has 5 aromatic carbocycles. The maximum atomic E-state index is 3.92. The second-order valence-corrected chi connectivity index (χ2v) is 9.42. The number of allylic oxidation sites excluding steroid dienone is 2. The van der Waals surface area contributed by atoms with Crippen LogP contribution in [0.2, 0.25) is 0 Å². The molecule has 0 aromatic heterocycles. The summed E-state index contributed by atoms with van der Waals surface area (Å²) in [5, 5.41) is 2.55. The van der Waals surface area contributed by atoms with Gasteiger partial charge in [0, 0.05) is 0 Å². The third kappa shape index (κ3) is 3.29. The molecule has 1 aliphatic carbocycles. The minimum absolute atomic E-state index is 0.380. The first kappa shape index (κ1) is 21.4. The average molecular weight is 449 g/mol. The molecule has 0 atom stereocenters. The molecule has 0 aliphatic heterocycles. The van der Waals surface area contributed by atoms with Crippen LogP contribution in [0.3, 0.4) is 0 Å². The van der Waals surface area contributed by atoms with Crippen LogP contribution in [0.4, 0.5) is 0 Å². The lowest BCUT2D eigenvalue weighted by atomic mass is 9.67. The zero-order chi connectivity index (χ0) is 23.8. The predicted molar refractivity (Wildman–Crippen MR) is 149 cm³/mol. The Morgan fingerprint density at radius 2 is 1.03 bits per heavy atom. The summed E-state index contributed by atoms with van der Waals surface area (Å²) >= 11 is 0. The average Bonchev–Trinajstić information content (AvgIpc) is 3.19. The highest BCUT2D eigenvalue weighted by Gasteiger charge is 2.46. The molecular weight excluding hydrogens is 420 g/mol. The van der Waals surface area contributed by atoms with E-state index in [1.54, 1.807) is 0 Å². The summed E-state index contributed by atoms with van der Waals surface area (Å²) in [6, 6.07) is 40.7. The van der Waals surface area contributed by atoms with Gasteiger partial charge in [-0.3, -0.25) is 0 Å². The number of fused-ring (bicyclic) bond motifs is 4. The maximum absolute atomic E-state index is 3.92. The van der Waals surface area contributed by atoms with E-state index in [0.29, 0.717) is 0 Å². The Balaban J connectivity index is 1.71. The van der Waals surface area contributed by atoms with E-state index in [4.69, 9.17) is 0 Å². The van der Waals surface area contributed by atoms with E-state index in [0.717, 1.165) is 12.8 Å². The van der Waals surface area contributed by atoms with Crippen LogP contribution in [0.1, 0.15) is 33.4 Å². The lowest BCUT2D eigenvalue weighted by Gasteiger charge is -2.34. The summed E-state index contributed by atoms with van der Waals surface area (Å²) < 4.78 is 0. The van der Waals surface area contributed by atoms with Gasteiger partial charge in [0.15, 0.2) is 0 Å². The Labute approximate surface area is 207 Å². The van der Waals surface area contributed by atoms with Gasteiger partial charge < -0.3 is 0 Å².